The van der Waals surface area contributed by atoms with Gasteiger partial charge in [0, 0.05) is 4.88 Å². The van der Waals surface area contributed by atoms with Crippen LogP contribution in [0.4, 0.5) is 5.69 Å². The molecule has 1 unspecified atom stereocenters. The SMILES string of the molecule is CCOc1ccccc1NC(=O)C(C)Sc1nc2sc(C)cc2c(=O)[nH]1. The normalized spacial score (nSPS) is 12.1. The number of anilines is 1. The zero-order valence-electron chi connectivity index (χ0n) is 14.7. The van der Waals surface area contributed by atoms with Gasteiger partial charge in [-0.05, 0) is 39.0 Å². The van der Waals surface area contributed by atoms with Gasteiger partial charge < -0.3 is 15.0 Å². The summed E-state index contributed by atoms with van der Waals surface area (Å²) in [7, 11) is 0. The third-order valence-electron chi connectivity index (χ3n) is 3.61. The molecule has 0 aliphatic rings. The van der Waals surface area contributed by atoms with Gasteiger partial charge in [-0.3, -0.25) is 9.59 Å². The number of carbonyl (C=O) groups is 1. The van der Waals surface area contributed by atoms with Crippen LogP contribution in [0, 0.1) is 6.92 Å². The second-order valence-corrected chi connectivity index (χ2v) is 8.19. The van der Waals surface area contributed by atoms with Crippen LogP contribution in [-0.4, -0.2) is 27.7 Å². The summed E-state index contributed by atoms with van der Waals surface area (Å²) in [6.45, 7) is 6.11. The van der Waals surface area contributed by atoms with E-state index in [1.807, 2.05) is 38.1 Å². The number of fused-ring (bicyclic) bond motifs is 1. The van der Waals surface area contributed by atoms with E-state index in [0.717, 1.165) is 4.88 Å². The molecule has 136 valence electrons. The average Bonchev–Trinajstić information content (AvgIpc) is 2.97. The number of nitrogens with zero attached hydrogens (tertiary/aromatic N) is 1. The third kappa shape index (κ3) is 4.08. The molecule has 26 heavy (non-hydrogen) atoms. The minimum absolute atomic E-state index is 0.184. The lowest BCUT2D eigenvalue weighted by Gasteiger charge is -2.14. The number of carbonyl (C=O) groups excluding carboxylic acids is 1. The van der Waals surface area contributed by atoms with Crippen molar-refractivity contribution in [3.05, 3.63) is 45.6 Å². The second kappa shape index (κ2) is 7.92. The first kappa shape index (κ1) is 18.5. The predicted octanol–water partition coefficient (Wildman–Crippen LogP) is 3.81. The Kier molecular flexibility index (Phi) is 5.63. The first-order valence-electron chi connectivity index (χ1n) is 8.17. The van der Waals surface area contributed by atoms with Crippen molar-refractivity contribution < 1.29 is 9.53 Å². The Morgan fingerprint density at radius 1 is 1.42 bits per heavy atom. The number of nitrogens with one attached hydrogen (secondary N) is 2. The number of H-pyrrole nitrogens is 1. The zero-order chi connectivity index (χ0) is 18.7. The Bertz CT molecular complexity index is 997. The Morgan fingerprint density at radius 2 is 2.19 bits per heavy atom. The topological polar surface area (TPSA) is 84.1 Å². The maximum atomic E-state index is 12.5. The molecule has 6 nitrogen and oxygen atoms in total. The molecule has 2 heterocycles. The molecule has 0 bridgehead atoms. The van der Waals surface area contributed by atoms with Gasteiger partial charge >= 0.3 is 0 Å². The van der Waals surface area contributed by atoms with Crippen LogP contribution < -0.4 is 15.6 Å². The van der Waals surface area contributed by atoms with Crippen molar-refractivity contribution >= 4 is 44.9 Å². The van der Waals surface area contributed by atoms with Crippen molar-refractivity contribution in [2.75, 3.05) is 11.9 Å². The maximum Gasteiger partial charge on any atom is 0.260 e. The zero-order valence-corrected chi connectivity index (χ0v) is 16.3. The minimum atomic E-state index is -0.439. The molecule has 0 aliphatic heterocycles. The van der Waals surface area contributed by atoms with Gasteiger partial charge in [0.15, 0.2) is 5.16 Å². The lowest BCUT2D eigenvalue weighted by atomic mass is 10.3. The molecule has 2 aromatic heterocycles. The summed E-state index contributed by atoms with van der Waals surface area (Å²) in [6, 6.07) is 9.11. The summed E-state index contributed by atoms with van der Waals surface area (Å²) in [5.74, 6) is 0.440. The van der Waals surface area contributed by atoms with E-state index in [9.17, 15) is 9.59 Å². The number of aryl methyl sites for hydroxylation is 1. The van der Waals surface area contributed by atoms with Crippen LogP contribution in [0.2, 0.25) is 0 Å². The number of benzene rings is 1. The Morgan fingerprint density at radius 3 is 2.96 bits per heavy atom. The number of para-hydroxylation sites is 2. The number of hydrogen-bond acceptors (Lipinski definition) is 6. The highest BCUT2D eigenvalue weighted by atomic mass is 32.2. The van der Waals surface area contributed by atoms with Gasteiger partial charge in [-0.25, -0.2) is 4.98 Å². The smallest absolute Gasteiger partial charge is 0.260 e. The van der Waals surface area contributed by atoms with E-state index in [0.29, 0.717) is 33.4 Å². The second-order valence-electron chi connectivity index (χ2n) is 5.63. The monoisotopic (exact) mass is 389 g/mol. The third-order valence-corrected chi connectivity index (χ3v) is 5.53. The molecule has 2 N–H and O–H groups in total. The lowest BCUT2D eigenvalue weighted by Crippen LogP contribution is -2.23. The molecule has 0 radical (unpaired) electrons. The van der Waals surface area contributed by atoms with Gasteiger partial charge in [0.25, 0.3) is 5.56 Å². The standard InChI is InChI=1S/C18H19N3O3S2/c1-4-24-14-8-6-5-7-13(14)19-15(22)11(3)26-18-20-16(23)12-9-10(2)25-17(12)21-18/h5-9,11H,4H2,1-3H3,(H,19,22)(H,20,21,23). The molecular formula is C18H19N3O3S2. The summed E-state index contributed by atoms with van der Waals surface area (Å²) >= 11 is 2.68. The Hall–Kier alpha value is -2.32. The number of aromatic amines is 1. The molecule has 0 aliphatic carbocycles. The predicted molar refractivity (Wildman–Crippen MR) is 107 cm³/mol. The van der Waals surface area contributed by atoms with E-state index in [-0.39, 0.29) is 11.5 Å². The van der Waals surface area contributed by atoms with Crippen molar-refractivity contribution in [1.29, 1.82) is 0 Å². The van der Waals surface area contributed by atoms with Crippen LogP contribution in [0.15, 0.2) is 40.3 Å². The van der Waals surface area contributed by atoms with E-state index in [1.165, 1.54) is 23.1 Å². The molecule has 1 atom stereocenters. The van der Waals surface area contributed by atoms with Crippen molar-refractivity contribution in [2.24, 2.45) is 0 Å². The van der Waals surface area contributed by atoms with Crippen LogP contribution in [0.5, 0.6) is 5.75 Å². The highest BCUT2D eigenvalue weighted by molar-refractivity contribution is 8.00. The van der Waals surface area contributed by atoms with Gasteiger partial charge in [0.2, 0.25) is 5.91 Å². The van der Waals surface area contributed by atoms with E-state index in [2.05, 4.69) is 15.3 Å². The highest BCUT2D eigenvalue weighted by Gasteiger charge is 2.18. The first-order valence-corrected chi connectivity index (χ1v) is 9.87. The van der Waals surface area contributed by atoms with Crippen LogP contribution in [-0.2, 0) is 4.79 Å². The van der Waals surface area contributed by atoms with Crippen molar-refractivity contribution in [1.82, 2.24) is 9.97 Å². The molecule has 0 fully saturated rings. The Balaban J connectivity index is 1.74. The quantitative estimate of drug-likeness (QED) is 0.495. The van der Waals surface area contributed by atoms with Crippen molar-refractivity contribution in [3.8, 4) is 5.75 Å². The van der Waals surface area contributed by atoms with Gasteiger partial charge in [-0.2, -0.15) is 0 Å². The molecule has 3 rings (SSSR count). The molecule has 1 amide bonds. The fourth-order valence-electron chi connectivity index (χ4n) is 2.39. The highest BCUT2D eigenvalue weighted by Crippen LogP contribution is 2.27. The maximum absolute atomic E-state index is 12.5. The van der Waals surface area contributed by atoms with Gasteiger partial charge in [-0.15, -0.1) is 11.3 Å². The van der Waals surface area contributed by atoms with Crippen LogP contribution in [0.3, 0.4) is 0 Å². The average molecular weight is 390 g/mol. The van der Waals surface area contributed by atoms with Crippen LogP contribution in [0.1, 0.15) is 18.7 Å². The molecule has 8 heteroatoms. The van der Waals surface area contributed by atoms with Crippen molar-refractivity contribution in [3.63, 3.8) is 0 Å². The molecule has 0 spiro atoms. The van der Waals surface area contributed by atoms with Gasteiger partial charge in [-0.1, -0.05) is 23.9 Å². The largest absolute Gasteiger partial charge is 0.492 e. The lowest BCUT2D eigenvalue weighted by molar-refractivity contribution is -0.115. The first-order chi connectivity index (χ1) is 12.5. The molecule has 1 aromatic carbocycles. The molecule has 0 saturated carbocycles. The molecule has 3 aromatic rings. The minimum Gasteiger partial charge on any atom is -0.492 e. The Labute approximate surface area is 159 Å². The van der Waals surface area contributed by atoms with Crippen molar-refractivity contribution in [2.45, 2.75) is 31.2 Å². The summed E-state index contributed by atoms with van der Waals surface area (Å²) < 4.78 is 5.52. The van der Waals surface area contributed by atoms with Crippen LogP contribution >= 0.6 is 23.1 Å². The summed E-state index contributed by atoms with van der Waals surface area (Å²) in [5, 5.41) is 3.45. The molecular weight excluding hydrogens is 370 g/mol. The van der Waals surface area contributed by atoms with Crippen LogP contribution in [0.25, 0.3) is 10.2 Å². The molecule has 0 saturated heterocycles. The summed E-state index contributed by atoms with van der Waals surface area (Å²) in [5.41, 5.74) is 0.439. The summed E-state index contributed by atoms with van der Waals surface area (Å²) in [6.07, 6.45) is 0. The number of rotatable bonds is 6. The number of amides is 1. The van der Waals surface area contributed by atoms with E-state index < -0.39 is 5.25 Å². The fraction of sp³-hybridized carbons (Fsp3) is 0.278. The fourth-order valence-corrected chi connectivity index (χ4v) is 4.13. The summed E-state index contributed by atoms with van der Waals surface area (Å²) in [4.78, 5) is 33.6. The van der Waals surface area contributed by atoms with E-state index in [1.54, 1.807) is 13.0 Å². The number of ether oxygens (including phenoxy) is 1. The number of thiophene rings is 1. The number of thioether (sulfide) groups is 1. The van der Waals surface area contributed by atoms with Gasteiger partial charge in [0.05, 0.1) is 22.9 Å². The number of hydrogen-bond donors (Lipinski definition) is 2. The van der Waals surface area contributed by atoms with E-state index >= 15 is 0 Å². The van der Waals surface area contributed by atoms with E-state index in [4.69, 9.17) is 4.74 Å². The number of aromatic nitrogens is 2. The van der Waals surface area contributed by atoms with Gasteiger partial charge in [0.1, 0.15) is 10.6 Å².